The minimum Gasteiger partial charge on any atom is -0.466 e. The average Bonchev–Trinajstić information content (AvgIpc) is 2.58. The van der Waals surface area contributed by atoms with E-state index in [1.807, 2.05) is 37.4 Å². The van der Waals surface area contributed by atoms with Gasteiger partial charge in [0.2, 0.25) is 0 Å². The van der Waals surface area contributed by atoms with Crippen molar-refractivity contribution in [2.75, 3.05) is 12.9 Å². The van der Waals surface area contributed by atoms with E-state index in [0.29, 0.717) is 25.2 Å². The van der Waals surface area contributed by atoms with Gasteiger partial charge in [-0.15, -0.1) is 11.8 Å². The van der Waals surface area contributed by atoms with Gasteiger partial charge in [0.05, 0.1) is 6.61 Å². The molecule has 0 radical (unpaired) electrons. The van der Waals surface area contributed by atoms with Crippen molar-refractivity contribution in [1.82, 2.24) is 0 Å². The van der Waals surface area contributed by atoms with Crippen molar-refractivity contribution in [3.8, 4) is 5.75 Å². The predicted octanol–water partition coefficient (Wildman–Crippen LogP) is 5.00. The van der Waals surface area contributed by atoms with Crippen LogP contribution in [-0.4, -0.2) is 24.8 Å². The fourth-order valence-electron chi connectivity index (χ4n) is 2.31. The second-order valence-electron chi connectivity index (χ2n) is 5.58. The van der Waals surface area contributed by atoms with Crippen LogP contribution in [0, 0.1) is 0 Å². The maximum absolute atomic E-state index is 11.8. The summed E-state index contributed by atoms with van der Waals surface area (Å²) in [4.78, 5) is 24.1. The molecule has 0 amide bonds. The van der Waals surface area contributed by atoms with Crippen molar-refractivity contribution >= 4 is 23.7 Å². The number of ether oxygens (including phenoxy) is 2. The molecule has 0 bridgehead atoms. The van der Waals surface area contributed by atoms with Gasteiger partial charge in [-0.2, -0.15) is 0 Å². The standard InChI is InChI=1S/C19H28O4S/c1-3-22-18(20)10-8-6-4-5-7-9-11-19(21)23-16-12-14-17(24-2)15-13-16/h12-15H,3-11H2,1-2H3. The third-order valence-corrected chi connectivity index (χ3v) is 4.35. The first-order valence-corrected chi connectivity index (χ1v) is 9.88. The molecule has 134 valence electrons. The molecule has 4 nitrogen and oxygen atoms in total. The molecule has 0 spiro atoms. The van der Waals surface area contributed by atoms with Crippen molar-refractivity contribution in [2.24, 2.45) is 0 Å². The fourth-order valence-corrected chi connectivity index (χ4v) is 2.71. The topological polar surface area (TPSA) is 52.6 Å². The molecule has 5 heteroatoms. The summed E-state index contributed by atoms with van der Waals surface area (Å²) in [5.41, 5.74) is 0. The summed E-state index contributed by atoms with van der Waals surface area (Å²) < 4.78 is 10.2. The minimum atomic E-state index is -0.172. The molecule has 0 heterocycles. The van der Waals surface area contributed by atoms with Crippen LogP contribution in [0.25, 0.3) is 0 Å². The van der Waals surface area contributed by atoms with Crippen LogP contribution in [0.3, 0.4) is 0 Å². The van der Waals surface area contributed by atoms with E-state index in [-0.39, 0.29) is 11.9 Å². The van der Waals surface area contributed by atoms with Crippen molar-refractivity contribution in [1.29, 1.82) is 0 Å². The van der Waals surface area contributed by atoms with Crippen LogP contribution >= 0.6 is 11.8 Å². The van der Waals surface area contributed by atoms with Gasteiger partial charge in [-0.05, 0) is 50.3 Å². The van der Waals surface area contributed by atoms with Crippen LogP contribution in [0.2, 0.25) is 0 Å². The first-order chi connectivity index (χ1) is 11.7. The zero-order valence-corrected chi connectivity index (χ0v) is 15.5. The number of carbonyl (C=O) groups excluding carboxylic acids is 2. The normalized spacial score (nSPS) is 10.4. The highest BCUT2D eigenvalue weighted by Gasteiger charge is 2.05. The fraction of sp³-hybridized carbons (Fsp3) is 0.579. The summed E-state index contributed by atoms with van der Waals surface area (Å²) in [5, 5.41) is 0. The highest BCUT2D eigenvalue weighted by atomic mass is 32.2. The van der Waals surface area contributed by atoms with Crippen LogP contribution < -0.4 is 4.74 Å². The number of unbranched alkanes of at least 4 members (excludes halogenated alkanes) is 5. The molecule has 0 aliphatic rings. The SMILES string of the molecule is CCOC(=O)CCCCCCCCC(=O)Oc1ccc(SC)cc1. The molecule has 0 fully saturated rings. The molecule has 0 aliphatic heterocycles. The number of hydrogen-bond acceptors (Lipinski definition) is 5. The summed E-state index contributed by atoms with van der Waals surface area (Å²) in [5.74, 6) is 0.330. The molecular formula is C19H28O4S. The zero-order valence-electron chi connectivity index (χ0n) is 14.7. The van der Waals surface area contributed by atoms with E-state index < -0.39 is 0 Å². The number of carbonyl (C=O) groups is 2. The molecule has 0 unspecified atom stereocenters. The largest absolute Gasteiger partial charge is 0.466 e. The van der Waals surface area contributed by atoms with Crippen molar-refractivity contribution in [3.63, 3.8) is 0 Å². The third kappa shape index (κ3) is 9.60. The molecule has 0 aliphatic carbocycles. The van der Waals surface area contributed by atoms with Crippen LogP contribution in [0.5, 0.6) is 5.75 Å². The second-order valence-corrected chi connectivity index (χ2v) is 6.46. The van der Waals surface area contributed by atoms with Gasteiger partial charge >= 0.3 is 11.9 Å². The maximum atomic E-state index is 11.8. The van der Waals surface area contributed by atoms with Gasteiger partial charge in [0.25, 0.3) is 0 Å². The molecule has 0 aromatic heterocycles. The Hall–Kier alpha value is -1.49. The Labute approximate surface area is 149 Å². The Morgan fingerprint density at radius 2 is 1.42 bits per heavy atom. The first-order valence-electron chi connectivity index (χ1n) is 8.66. The Morgan fingerprint density at radius 3 is 1.96 bits per heavy atom. The summed E-state index contributed by atoms with van der Waals surface area (Å²) in [7, 11) is 0. The van der Waals surface area contributed by atoms with Gasteiger partial charge in [-0.1, -0.05) is 25.7 Å². The maximum Gasteiger partial charge on any atom is 0.311 e. The molecule has 1 aromatic carbocycles. The van der Waals surface area contributed by atoms with Gasteiger partial charge in [-0.25, -0.2) is 0 Å². The van der Waals surface area contributed by atoms with E-state index in [1.165, 1.54) is 0 Å². The Balaban J connectivity index is 2.00. The highest BCUT2D eigenvalue weighted by molar-refractivity contribution is 7.98. The van der Waals surface area contributed by atoms with E-state index in [0.717, 1.165) is 43.4 Å². The van der Waals surface area contributed by atoms with Gasteiger partial charge in [0.15, 0.2) is 0 Å². The number of benzene rings is 1. The molecule has 0 atom stereocenters. The number of rotatable bonds is 12. The zero-order chi connectivity index (χ0) is 17.6. The molecule has 0 saturated carbocycles. The highest BCUT2D eigenvalue weighted by Crippen LogP contribution is 2.19. The molecule has 1 rings (SSSR count). The smallest absolute Gasteiger partial charge is 0.311 e. The van der Waals surface area contributed by atoms with Gasteiger partial charge < -0.3 is 9.47 Å². The Morgan fingerprint density at radius 1 is 0.875 bits per heavy atom. The predicted molar refractivity (Wildman–Crippen MR) is 97.4 cm³/mol. The van der Waals surface area contributed by atoms with Crippen LogP contribution in [0.1, 0.15) is 58.3 Å². The van der Waals surface area contributed by atoms with E-state index in [9.17, 15) is 9.59 Å². The monoisotopic (exact) mass is 352 g/mol. The van der Waals surface area contributed by atoms with Gasteiger partial charge in [-0.3, -0.25) is 9.59 Å². The van der Waals surface area contributed by atoms with Crippen molar-refractivity contribution < 1.29 is 19.1 Å². The lowest BCUT2D eigenvalue weighted by Crippen LogP contribution is -2.07. The Kier molecular flexibility index (Phi) is 11.0. The Bertz CT molecular complexity index is 485. The minimum absolute atomic E-state index is 0.106. The summed E-state index contributed by atoms with van der Waals surface area (Å²) >= 11 is 1.66. The quantitative estimate of drug-likeness (QED) is 0.229. The first kappa shape index (κ1) is 20.6. The second kappa shape index (κ2) is 12.9. The van der Waals surface area contributed by atoms with E-state index in [1.54, 1.807) is 11.8 Å². The van der Waals surface area contributed by atoms with Gasteiger partial charge in [0.1, 0.15) is 5.75 Å². The molecule has 24 heavy (non-hydrogen) atoms. The van der Waals surface area contributed by atoms with E-state index in [2.05, 4.69) is 0 Å². The summed E-state index contributed by atoms with van der Waals surface area (Å²) in [6.45, 7) is 2.28. The molecular weight excluding hydrogens is 324 g/mol. The van der Waals surface area contributed by atoms with Crippen LogP contribution in [-0.2, 0) is 14.3 Å². The lowest BCUT2D eigenvalue weighted by molar-refractivity contribution is -0.143. The summed E-state index contributed by atoms with van der Waals surface area (Å²) in [6.07, 6.45) is 8.92. The van der Waals surface area contributed by atoms with Crippen molar-refractivity contribution in [3.05, 3.63) is 24.3 Å². The van der Waals surface area contributed by atoms with Crippen LogP contribution in [0.4, 0.5) is 0 Å². The number of hydrogen-bond donors (Lipinski definition) is 0. The number of thioether (sulfide) groups is 1. The molecule has 0 saturated heterocycles. The average molecular weight is 352 g/mol. The third-order valence-electron chi connectivity index (χ3n) is 3.61. The summed E-state index contributed by atoms with van der Waals surface area (Å²) in [6, 6.07) is 7.55. The van der Waals surface area contributed by atoms with Crippen LogP contribution in [0.15, 0.2) is 29.2 Å². The number of esters is 2. The van der Waals surface area contributed by atoms with Crippen molar-refractivity contribution in [2.45, 2.75) is 63.2 Å². The molecule has 1 aromatic rings. The van der Waals surface area contributed by atoms with E-state index in [4.69, 9.17) is 9.47 Å². The lowest BCUT2D eigenvalue weighted by atomic mass is 10.1. The molecule has 0 N–H and O–H groups in total. The van der Waals surface area contributed by atoms with Gasteiger partial charge in [0, 0.05) is 17.7 Å². The lowest BCUT2D eigenvalue weighted by Gasteiger charge is -2.05. The van der Waals surface area contributed by atoms with E-state index >= 15 is 0 Å².